The second-order valence-corrected chi connectivity index (χ2v) is 9.86. The van der Waals surface area contributed by atoms with Gasteiger partial charge < -0.3 is 9.80 Å². The Morgan fingerprint density at radius 3 is 2.52 bits per heavy atom. The molecule has 3 fully saturated rings. The zero-order valence-electron chi connectivity index (χ0n) is 18.9. The van der Waals surface area contributed by atoms with Crippen LogP contribution in [0.15, 0.2) is 36.4 Å². The third-order valence-electron chi connectivity index (χ3n) is 7.02. The molecule has 0 saturated carbocycles. The number of hydrogen-bond donors (Lipinski definition) is 1. The van der Waals surface area contributed by atoms with Gasteiger partial charge >= 0.3 is 6.03 Å². The van der Waals surface area contributed by atoms with Crippen molar-refractivity contribution in [1.82, 2.24) is 20.0 Å². The highest BCUT2D eigenvalue weighted by atomic mass is 35.5. The monoisotopic (exact) mass is 487 g/mol. The van der Waals surface area contributed by atoms with E-state index in [2.05, 4.69) is 47.2 Å². The van der Waals surface area contributed by atoms with E-state index in [4.69, 9.17) is 23.2 Å². The molecule has 2 aromatic carbocycles. The molecular formula is C24H27Cl2N5O2. The minimum atomic E-state index is -0.449. The number of carbonyl (C=O) groups is 2. The summed E-state index contributed by atoms with van der Waals surface area (Å²) in [7, 11) is 1.75. The molecule has 3 amide bonds. The molecule has 3 aliphatic heterocycles. The molecule has 174 valence electrons. The third-order valence-corrected chi connectivity index (χ3v) is 7.76. The van der Waals surface area contributed by atoms with Gasteiger partial charge in [0.1, 0.15) is 18.5 Å². The van der Waals surface area contributed by atoms with Gasteiger partial charge in [-0.3, -0.25) is 19.9 Å². The number of benzene rings is 2. The zero-order chi connectivity index (χ0) is 23.4. The molecule has 0 spiro atoms. The summed E-state index contributed by atoms with van der Waals surface area (Å²) >= 11 is 12.2. The van der Waals surface area contributed by atoms with E-state index in [9.17, 15) is 9.59 Å². The number of rotatable bonds is 3. The number of likely N-dealkylation sites (N-methyl/N-ethyl adjacent to an activating group) is 1. The fraction of sp³-hybridized carbons (Fsp3) is 0.417. The number of hydrogen-bond acceptors (Lipinski definition) is 5. The Labute approximate surface area is 203 Å². The summed E-state index contributed by atoms with van der Waals surface area (Å²) < 4.78 is 0. The predicted molar refractivity (Wildman–Crippen MR) is 129 cm³/mol. The van der Waals surface area contributed by atoms with Gasteiger partial charge in [-0.1, -0.05) is 35.3 Å². The van der Waals surface area contributed by atoms with Crippen LogP contribution in [0.1, 0.15) is 23.1 Å². The minimum Gasteiger partial charge on any atom is -0.343 e. The van der Waals surface area contributed by atoms with Crippen LogP contribution in [0.5, 0.6) is 0 Å². The standard InChI is InChI=1S/C24H27Cl2N5O2/c1-14-5-7-17(11-15(14)2)29-9-4-10-30-20-21(27-23(29)30)28(3)24(33)31(22(20)32)13-16-6-8-18(25)19(26)12-16/h5-8,11-12,20-21,23,27H,4,9-10,13H2,1-3H3. The van der Waals surface area contributed by atoms with Gasteiger partial charge in [0.2, 0.25) is 0 Å². The van der Waals surface area contributed by atoms with Gasteiger partial charge in [0.15, 0.2) is 0 Å². The highest BCUT2D eigenvalue weighted by Crippen LogP contribution is 2.34. The van der Waals surface area contributed by atoms with Gasteiger partial charge in [-0.25, -0.2) is 4.79 Å². The van der Waals surface area contributed by atoms with E-state index in [0.717, 1.165) is 30.8 Å². The van der Waals surface area contributed by atoms with Crippen molar-refractivity contribution in [1.29, 1.82) is 0 Å². The molecule has 2 aromatic rings. The summed E-state index contributed by atoms with van der Waals surface area (Å²) in [5, 5.41) is 4.40. The summed E-state index contributed by atoms with van der Waals surface area (Å²) in [4.78, 5) is 34.3. The van der Waals surface area contributed by atoms with E-state index < -0.39 is 6.04 Å². The number of carbonyl (C=O) groups excluding carboxylic acids is 2. The van der Waals surface area contributed by atoms with Crippen LogP contribution in [0.4, 0.5) is 10.5 Å². The van der Waals surface area contributed by atoms with Crippen LogP contribution in [0.3, 0.4) is 0 Å². The molecule has 0 aliphatic carbocycles. The SMILES string of the molecule is Cc1ccc(N2CCCN3C4C(=O)N(Cc5ccc(Cl)c(Cl)c5)C(=O)N(C)C4NC23)cc1C. The van der Waals surface area contributed by atoms with Crippen LogP contribution in [-0.4, -0.2) is 65.3 Å². The molecule has 3 saturated heterocycles. The lowest BCUT2D eigenvalue weighted by Gasteiger charge is -2.44. The summed E-state index contributed by atoms with van der Waals surface area (Å²) in [6.07, 6.45) is 0.402. The van der Waals surface area contributed by atoms with Crippen molar-refractivity contribution in [3.8, 4) is 0 Å². The van der Waals surface area contributed by atoms with E-state index in [0.29, 0.717) is 10.0 Å². The number of amides is 3. The van der Waals surface area contributed by atoms with Crippen molar-refractivity contribution < 1.29 is 9.59 Å². The van der Waals surface area contributed by atoms with Gasteiger partial charge in [-0.05, 0) is 61.2 Å². The zero-order valence-corrected chi connectivity index (χ0v) is 20.4. The van der Waals surface area contributed by atoms with Crippen molar-refractivity contribution in [3.05, 3.63) is 63.1 Å². The van der Waals surface area contributed by atoms with Crippen molar-refractivity contribution in [2.24, 2.45) is 0 Å². The van der Waals surface area contributed by atoms with E-state index in [1.807, 2.05) is 0 Å². The van der Waals surface area contributed by atoms with Crippen molar-refractivity contribution >= 4 is 40.8 Å². The van der Waals surface area contributed by atoms with Crippen LogP contribution in [0.2, 0.25) is 10.0 Å². The number of urea groups is 1. The number of halogens is 2. The second kappa shape index (κ2) is 8.47. The largest absolute Gasteiger partial charge is 0.343 e. The quantitative estimate of drug-likeness (QED) is 0.713. The number of fused-ring (bicyclic) bond motifs is 3. The molecule has 3 atom stereocenters. The average molecular weight is 488 g/mol. The number of aryl methyl sites for hydroxylation is 2. The smallest absolute Gasteiger partial charge is 0.328 e. The summed E-state index contributed by atoms with van der Waals surface area (Å²) in [5.74, 6) is -0.189. The Bertz CT molecular complexity index is 1130. The van der Waals surface area contributed by atoms with Crippen LogP contribution in [0, 0.1) is 13.8 Å². The number of imide groups is 1. The van der Waals surface area contributed by atoms with Gasteiger partial charge in [-0.15, -0.1) is 0 Å². The fourth-order valence-electron chi connectivity index (χ4n) is 5.05. The van der Waals surface area contributed by atoms with Gasteiger partial charge in [-0.2, -0.15) is 0 Å². The average Bonchev–Trinajstić information content (AvgIpc) is 3.19. The normalized spacial score (nSPS) is 25.5. The lowest BCUT2D eigenvalue weighted by Crippen LogP contribution is -2.66. The number of nitrogens with zero attached hydrogens (tertiary/aromatic N) is 4. The maximum Gasteiger partial charge on any atom is 0.328 e. The number of nitrogens with one attached hydrogen (secondary N) is 1. The van der Waals surface area contributed by atoms with Crippen LogP contribution in [0.25, 0.3) is 0 Å². The summed E-state index contributed by atoms with van der Waals surface area (Å²) in [6, 6.07) is 10.9. The topological polar surface area (TPSA) is 59.1 Å². The Hall–Kier alpha value is -2.32. The fourth-order valence-corrected chi connectivity index (χ4v) is 5.37. The Morgan fingerprint density at radius 2 is 1.79 bits per heavy atom. The first-order valence-corrected chi connectivity index (χ1v) is 11.9. The van der Waals surface area contributed by atoms with Gasteiger partial charge in [0.05, 0.1) is 16.6 Å². The maximum atomic E-state index is 13.6. The molecule has 3 aliphatic rings. The van der Waals surface area contributed by atoms with E-state index >= 15 is 0 Å². The molecule has 33 heavy (non-hydrogen) atoms. The van der Waals surface area contributed by atoms with E-state index in [-0.39, 0.29) is 30.9 Å². The van der Waals surface area contributed by atoms with Crippen LogP contribution < -0.4 is 10.2 Å². The van der Waals surface area contributed by atoms with Gasteiger partial charge in [0.25, 0.3) is 5.91 Å². The van der Waals surface area contributed by atoms with Crippen molar-refractivity contribution in [2.45, 2.75) is 45.3 Å². The maximum absolute atomic E-state index is 13.6. The molecule has 0 radical (unpaired) electrons. The molecule has 7 nitrogen and oxygen atoms in total. The first-order chi connectivity index (χ1) is 15.8. The second-order valence-electron chi connectivity index (χ2n) is 9.05. The molecule has 1 N–H and O–H groups in total. The Morgan fingerprint density at radius 1 is 1.00 bits per heavy atom. The molecule has 0 aromatic heterocycles. The highest BCUT2D eigenvalue weighted by Gasteiger charge is 2.56. The predicted octanol–water partition coefficient (Wildman–Crippen LogP) is 3.80. The first kappa shape index (κ1) is 22.5. The molecule has 5 rings (SSSR count). The van der Waals surface area contributed by atoms with Gasteiger partial charge in [0, 0.05) is 25.8 Å². The van der Waals surface area contributed by atoms with E-state index in [1.165, 1.54) is 16.0 Å². The molecule has 0 bridgehead atoms. The lowest BCUT2D eigenvalue weighted by molar-refractivity contribution is -0.139. The summed E-state index contributed by atoms with van der Waals surface area (Å²) in [5.41, 5.74) is 4.36. The minimum absolute atomic E-state index is 0.153. The molecule has 9 heteroatoms. The molecule has 3 unspecified atom stereocenters. The lowest BCUT2D eigenvalue weighted by atomic mass is 10.1. The van der Waals surface area contributed by atoms with E-state index in [1.54, 1.807) is 30.1 Å². The molecular weight excluding hydrogens is 461 g/mol. The first-order valence-electron chi connectivity index (χ1n) is 11.1. The molecule has 3 heterocycles. The summed E-state index contributed by atoms with van der Waals surface area (Å²) in [6.45, 7) is 6.04. The van der Waals surface area contributed by atoms with Crippen LogP contribution >= 0.6 is 23.2 Å². The Balaban J connectivity index is 1.43. The Kier molecular flexibility index (Phi) is 5.77. The van der Waals surface area contributed by atoms with Crippen molar-refractivity contribution in [3.63, 3.8) is 0 Å². The van der Waals surface area contributed by atoms with Crippen molar-refractivity contribution in [2.75, 3.05) is 25.0 Å². The highest BCUT2D eigenvalue weighted by molar-refractivity contribution is 6.42. The third kappa shape index (κ3) is 3.77. The number of anilines is 1. The van der Waals surface area contributed by atoms with Crippen LogP contribution in [-0.2, 0) is 11.3 Å².